The highest BCUT2D eigenvalue weighted by Gasteiger charge is 2.17. The summed E-state index contributed by atoms with van der Waals surface area (Å²) in [7, 11) is 1.92. The van der Waals surface area contributed by atoms with Gasteiger partial charge in [0.15, 0.2) is 0 Å². The summed E-state index contributed by atoms with van der Waals surface area (Å²) in [6.45, 7) is 9.34. The summed E-state index contributed by atoms with van der Waals surface area (Å²) in [6.07, 6.45) is 1.93. The minimum atomic E-state index is 0.209. The quantitative estimate of drug-likeness (QED) is 0.902. The third-order valence-electron chi connectivity index (χ3n) is 3.25. The summed E-state index contributed by atoms with van der Waals surface area (Å²) in [5.74, 6) is 0.896. The highest BCUT2D eigenvalue weighted by atomic mass is 15.3. The number of aryl methyl sites for hydroxylation is 3. The molecule has 0 spiro atoms. The molecule has 0 aliphatic heterocycles. The van der Waals surface area contributed by atoms with Crippen LogP contribution < -0.4 is 5.32 Å². The number of hydrogen-bond donors (Lipinski definition) is 1. The van der Waals surface area contributed by atoms with Crippen LogP contribution in [0.4, 0.5) is 5.82 Å². The van der Waals surface area contributed by atoms with Gasteiger partial charge >= 0.3 is 0 Å². The lowest BCUT2D eigenvalue weighted by molar-refractivity contribution is 0.632. The van der Waals surface area contributed by atoms with Crippen LogP contribution >= 0.6 is 0 Å². The summed E-state index contributed by atoms with van der Waals surface area (Å²) in [5, 5.41) is 12.3. The molecule has 0 saturated heterocycles. The molecule has 0 fully saturated rings. The number of nitrogens with zero attached hydrogens (tertiary/aromatic N) is 4. The summed E-state index contributed by atoms with van der Waals surface area (Å²) in [4.78, 5) is 0. The third-order valence-corrected chi connectivity index (χ3v) is 3.25. The topological polar surface area (TPSA) is 47.7 Å². The molecule has 18 heavy (non-hydrogen) atoms. The first-order valence-electron chi connectivity index (χ1n) is 6.33. The van der Waals surface area contributed by atoms with E-state index in [0.717, 1.165) is 18.1 Å². The minimum absolute atomic E-state index is 0.209. The first-order chi connectivity index (χ1) is 8.52. The Hall–Kier alpha value is -1.78. The van der Waals surface area contributed by atoms with Gasteiger partial charge in [0.2, 0.25) is 0 Å². The number of hydrogen-bond acceptors (Lipinski definition) is 3. The molecule has 2 heterocycles. The van der Waals surface area contributed by atoms with Gasteiger partial charge in [-0.3, -0.25) is 9.36 Å². The van der Waals surface area contributed by atoms with Gasteiger partial charge in [-0.2, -0.15) is 10.2 Å². The fourth-order valence-electron chi connectivity index (χ4n) is 2.43. The molecule has 2 aromatic rings. The fraction of sp³-hybridized carbons (Fsp3) is 0.538. The normalized spacial score (nSPS) is 12.7. The molecule has 1 atom stereocenters. The van der Waals surface area contributed by atoms with Crippen molar-refractivity contribution in [3.8, 4) is 0 Å². The van der Waals surface area contributed by atoms with E-state index in [4.69, 9.17) is 0 Å². The van der Waals surface area contributed by atoms with Crippen LogP contribution in [0.1, 0.15) is 36.8 Å². The maximum absolute atomic E-state index is 4.55. The average molecular weight is 247 g/mol. The van der Waals surface area contributed by atoms with E-state index in [1.54, 1.807) is 4.68 Å². The van der Waals surface area contributed by atoms with Gasteiger partial charge in [-0.1, -0.05) is 0 Å². The van der Waals surface area contributed by atoms with Crippen LogP contribution in [0.5, 0.6) is 0 Å². The van der Waals surface area contributed by atoms with E-state index in [1.807, 2.05) is 24.0 Å². The minimum Gasteiger partial charge on any atom is -0.362 e. The Balaban J connectivity index is 2.23. The molecule has 1 unspecified atom stereocenters. The molecule has 0 aromatic carbocycles. The molecule has 0 aliphatic rings. The van der Waals surface area contributed by atoms with Gasteiger partial charge in [-0.15, -0.1) is 0 Å². The molecule has 2 rings (SSSR count). The predicted octanol–water partition coefficient (Wildman–Crippen LogP) is 2.43. The zero-order valence-electron chi connectivity index (χ0n) is 11.7. The van der Waals surface area contributed by atoms with Crippen molar-refractivity contribution < 1.29 is 0 Å². The number of anilines is 1. The van der Waals surface area contributed by atoms with Gasteiger partial charge in [0.25, 0.3) is 0 Å². The van der Waals surface area contributed by atoms with Crippen molar-refractivity contribution in [1.29, 1.82) is 0 Å². The predicted molar refractivity (Wildman–Crippen MR) is 72.6 cm³/mol. The van der Waals surface area contributed by atoms with Crippen molar-refractivity contribution in [3.05, 3.63) is 29.2 Å². The fourth-order valence-corrected chi connectivity index (χ4v) is 2.43. The van der Waals surface area contributed by atoms with Crippen molar-refractivity contribution in [2.75, 3.05) is 5.32 Å². The maximum atomic E-state index is 4.55. The van der Waals surface area contributed by atoms with Crippen molar-refractivity contribution in [3.63, 3.8) is 0 Å². The summed E-state index contributed by atoms with van der Waals surface area (Å²) in [5.41, 5.74) is 3.58. The Morgan fingerprint density at radius 3 is 2.56 bits per heavy atom. The van der Waals surface area contributed by atoms with Crippen molar-refractivity contribution in [2.45, 2.75) is 40.3 Å². The van der Waals surface area contributed by atoms with Crippen molar-refractivity contribution in [2.24, 2.45) is 7.05 Å². The Bertz CT molecular complexity index is 538. The molecule has 5 heteroatoms. The molecular formula is C13H21N5. The van der Waals surface area contributed by atoms with Crippen LogP contribution in [0.2, 0.25) is 0 Å². The molecule has 1 N–H and O–H groups in total. The summed E-state index contributed by atoms with van der Waals surface area (Å²) in [6, 6.07) is 2.19. The smallest absolute Gasteiger partial charge is 0.148 e. The Morgan fingerprint density at radius 2 is 2.06 bits per heavy atom. The van der Waals surface area contributed by atoms with Gasteiger partial charge in [-0.25, -0.2) is 0 Å². The zero-order valence-corrected chi connectivity index (χ0v) is 11.7. The van der Waals surface area contributed by atoms with Gasteiger partial charge in [0, 0.05) is 37.1 Å². The van der Waals surface area contributed by atoms with E-state index >= 15 is 0 Å². The van der Waals surface area contributed by atoms with Crippen LogP contribution in [0.15, 0.2) is 12.3 Å². The monoisotopic (exact) mass is 247 g/mol. The maximum Gasteiger partial charge on any atom is 0.148 e. The molecule has 98 valence electrons. The standard InChI is InChI=1S/C13H21N5/c1-6-18-11(4)13(10(3)15-18)9(2)14-12-7-8-17(5)16-12/h7-9H,6H2,1-5H3,(H,14,16). The van der Waals surface area contributed by atoms with E-state index in [0.29, 0.717) is 0 Å². The lowest BCUT2D eigenvalue weighted by Crippen LogP contribution is -2.10. The van der Waals surface area contributed by atoms with Crippen LogP contribution in [0.25, 0.3) is 0 Å². The Morgan fingerprint density at radius 1 is 1.33 bits per heavy atom. The summed E-state index contributed by atoms with van der Waals surface area (Å²) < 4.78 is 3.84. The molecule has 0 bridgehead atoms. The van der Waals surface area contributed by atoms with Crippen molar-refractivity contribution in [1.82, 2.24) is 19.6 Å². The second kappa shape index (κ2) is 4.84. The average Bonchev–Trinajstić information content (AvgIpc) is 2.83. The van der Waals surface area contributed by atoms with Crippen LogP contribution in [-0.4, -0.2) is 19.6 Å². The molecule has 0 aliphatic carbocycles. The first kappa shape index (κ1) is 12.7. The lowest BCUT2D eigenvalue weighted by atomic mass is 10.1. The lowest BCUT2D eigenvalue weighted by Gasteiger charge is -2.14. The Labute approximate surface area is 108 Å². The third kappa shape index (κ3) is 2.25. The van der Waals surface area contributed by atoms with Gasteiger partial charge in [0.05, 0.1) is 11.7 Å². The second-order valence-corrected chi connectivity index (χ2v) is 4.64. The highest BCUT2D eigenvalue weighted by Crippen LogP contribution is 2.24. The van der Waals surface area contributed by atoms with Crippen LogP contribution in [0.3, 0.4) is 0 Å². The van der Waals surface area contributed by atoms with E-state index < -0.39 is 0 Å². The summed E-state index contributed by atoms with van der Waals surface area (Å²) >= 11 is 0. The molecule has 2 aromatic heterocycles. The Kier molecular flexibility index (Phi) is 3.41. The van der Waals surface area contributed by atoms with E-state index in [2.05, 4.69) is 43.2 Å². The molecule has 0 saturated carbocycles. The van der Waals surface area contributed by atoms with Crippen LogP contribution in [-0.2, 0) is 13.6 Å². The number of aromatic nitrogens is 4. The van der Waals surface area contributed by atoms with Gasteiger partial charge in [-0.05, 0) is 27.7 Å². The van der Waals surface area contributed by atoms with E-state index in [-0.39, 0.29) is 6.04 Å². The SMILES string of the molecule is CCn1nc(C)c(C(C)Nc2ccn(C)n2)c1C. The largest absolute Gasteiger partial charge is 0.362 e. The van der Waals surface area contributed by atoms with Gasteiger partial charge < -0.3 is 5.32 Å². The van der Waals surface area contributed by atoms with Crippen molar-refractivity contribution >= 4 is 5.82 Å². The van der Waals surface area contributed by atoms with E-state index in [9.17, 15) is 0 Å². The molecule has 5 nitrogen and oxygen atoms in total. The highest BCUT2D eigenvalue weighted by molar-refractivity contribution is 5.39. The number of rotatable bonds is 4. The number of nitrogens with one attached hydrogen (secondary N) is 1. The molecule has 0 amide bonds. The van der Waals surface area contributed by atoms with Gasteiger partial charge in [0.1, 0.15) is 5.82 Å². The second-order valence-electron chi connectivity index (χ2n) is 4.64. The molecule has 0 radical (unpaired) electrons. The van der Waals surface area contributed by atoms with Crippen LogP contribution in [0, 0.1) is 13.8 Å². The first-order valence-corrected chi connectivity index (χ1v) is 6.33. The zero-order chi connectivity index (χ0) is 13.3. The van der Waals surface area contributed by atoms with E-state index in [1.165, 1.54) is 11.3 Å². The molecular weight excluding hydrogens is 226 g/mol.